The summed E-state index contributed by atoms with van der Waals surface area (Å²) in [5, 5.41) is 12.7. The van der Waals surface area contributed by atoms with E-state index in [0.29, 0.717) is 12.5 Å². The second kappa shape index (κ2) is 7.00. The van der Waals surface area contributed by atoms with Gasteiger partial charge >= 0.3 is 0 Å². The van der Waals surface area contributed by atoms with Crippen molar-refractivity contribution in [1.82, 2.24) is 20.3 Å². The SMILES string of the molecule is CC(C)C(Cn1ccnn1)NC(=O)/C=C/c1cccs1. The van der Waals surface area contributed by atoms with Crippen LogP contribution in [0.4, 0.5) is 0 Å². The third-order valence-electron chi connectivity index (χ3n) is 2.93. The van der Waals surface area contributed by atoms with E-state index in [4.69, 9.17) is 0 Å². The van der Waals surface area contributed by atoms with Crippen molar-refractivity contribution in [2.75, 3.05) is 0 Å². The van der Waals surface area contributed by atoms with Gasteiger partial charge in [-0.25, -0.2) is 0 Å². The molecule has 106 valence electrons. The van der Waals surface area contributed by atoms with Crippen LogP contribution in [-0.4, -0.2) is 26.9 Å². The van der Waals surface area contributed by atoms with Crippen LogP contribution in [-0.2, 0) is 11.3 Å². The van der Waals surface area contributed by atoms with Gasteiger partial charge < -0.3 is 5.32 Å². The van der Waals surface area contributed by atoms with E-state index in [1.165, 1.54) is 0 Å². The molecule has 1 amide bonds. The summed E-state index contributed by atoms with van der Waals surface area (Å²) in [6.45, 7) is 4.77. The second-order valence-electron chi connectivity index (χ2n) is 4.83. The Hall–Kier alpha value is -1.95. The van der Waals surface area contributed by atoms with Crippen molar-refractivity contribution in [1.29, 1.82) is 0 Å². The molecule has 1 atom stereocenters. The van der Waals surface area contributed by atoms with E-state index in [1.807, 2.05) is 23.6 Å². The maximum atomic E-state index is 11.9. The summed E-state index contributed by atoms with van der Waals surface area (Å²) in [7, 11) is 0. The van der Waals surface area contributed by atoms with E-state index in [-0.39, 0.29) is 11.9 Å². The van der Waals surface area contributed by atoms with Crippen LogP contribution in [0.25, 0.3) is 6.08 Å². The van der Waals surface area contributed by atoms with Gasteiger partial charge in [0.25, 0.3) is 0 Å². The van der Waals surface area contributed by atoms with Gasteiger partial charge in [-0.15, -0.1) is 16.4 Å². The number of nitrogens with zero attached hydrogens (tertiary/aromatic N) is 3. The molecule has 2 rings (SSSR count). The summed E-state index contributed by atoms with van der Waals surface area (Å²) in [4.78, 5) is 13.0. The molecule has 2 aromatic heterocycles. The summed E-state index contributed by atoms with van der Waals surface area (Å²) in [6, 6.07) is 3.96. The first-order valence-corrected chi connectivity index (χ1v) is 7.39. The molecule has 0 aromatic carbocycles. The molecule has 2 aromatic rings. The monoisotopic (exact) mass is 290 g/mol. The molecule has 0 aliphatic rings. The van der Waals surface area contributed by atoms with Crippen LogP contribution in [0.15, 0.2) is 36.0 Å². The lowest BCUT2D eigenvalue weighted by atomic mass is 10.0. The molecule has 0 radical (unpaired) electrons. The minimum Gasteiger partial charge on any atom is -0.348 e. The predicted octanol–water partition coefficient (Wildman–Crippen LogP) is 2.19. The lowest BCUT2D eigenvalue weighted by Crippen LogP contribution is -2.40. The highest BCUT2D eigenvalue weighted by atomic mass is 32.1. The van der Waals surface area contributed by atoms with Gasteiger partial charge in [0.05, 0.1) is 18.8 Å². The van der Waals surface area contributed by atoms with Crippen LogP contribution >= 0.6 is 11.3 Å². The summed E-state index contributed by atoms with van der Waals surface area (Å²) in [5.41, 5.74) is 0. The Morgan fingerprint density at radius 3 is 3.00 bits per heavy atom. The highest BCUT2D eigenvalue weighted by molar-refractivity contribution is 7.10. The van der Waals surface area contributed by atoms with Crippen molar-refractivity contribution in [3.8, 4) is 0 Å². The van der Waals surface area contributed by atoms with Gasteiger partial charge in [0, 0.05) is 17.2 Å². The Bertz CT molecular complexity index is 546. The summed E-state index contributed by atoms with van der Waals surface area (Å²) < 4.78 is 1.73. The minimum atomic E-state index is -0.0859. The van der Waals surface area contributed by atoms with Gasteiger partial charge in [0.2, 0.25) is 5.91 Å². The quantitative estimate of drug-likeness (QED) is 0.830. The van der Waals surface area contributed by atoms with Crippen molar-refractivity contribution < 1.29 is 4.79 Å². The lowest BCUT2D eigenvalue weighted by molar-refractivity contribution is -0.117. The zero-order valence-corrected chi connectivity index (χ0v) is 12.4. The van der Waals surface area contributed by atoms with Crippen LogP contribution in [0.1, 0.15) is 18.7 Å². The van der Waals surface area contributed by atoms with Crippen LogP contribution in [0, 0.1) is 5.92 Å². The number of hydrogen-bond donors (Lipinski definition) is 1. The number of carbonyl (C=O) groups excluding carboxylic acids is 1. The number of hydrogen-bond acceptors (Lipinski definition) is 4. The van der Waals surface area contributed by atoms with Gasteiger partial charge in [-0.05, 0) is 23.4 Å². The Morgan fingerprint density at radius 1 is 1.55 bits per heavy atom. The van der Waals surface area contributed by atoms with Gasteiger partial charge in [0.1, 0.15) is 0 Å². The Kier molecular flexibility index (Phi) is 5.06. The Morgan fingerprint density at radius 2 is 2.40 bits per heavy atom. The normalized spacial score (nSPS) is 12.9. The second-order valence-corrected chi connectivity index (χ2v) is 5.81. The van der Waals surface area contributed by atoms with Crippen molar-refractivity contribution in [2.24, 2.45) is 5.92 Å². The van der Waals surface area contributed by atoms with Crippen molar-refractivity contribution in [2.45, 2.75) is 26.4 Å². The minimum absolute atomic E-state index is 0.0252. The maximum absolute atomic E-state index is 11.9. The van der Waals surface area contributed by atoms with Gasteiger partial charge in [-0.2, -0.15) is 0 Å². The van der Waals surface area contributed by atoms with E-state index in [0.717, 1.165) is 4.88 Å². The fourth-order valence-corrected chi connectivity index (χ4v) is 2.35. The molecule has 5 nitrogen and oxygen atoms in total. The summed E-state index contributed by atoms with van der Waals surface area (Å²) in [5.74, 6) is 0.232. The smallest absolute Gasteiger partial charge is 0.244 e. The summed E-state index contributed by atoms with van der Waals surface area (Å²) in [6.07, 6.45) is 6.83. The maximum Gasteiger partial charge on any atom is 0.244 e. The molecule has 0 spiro atoms. The van der Waals surface area contributed by atoms with Crippen molar-refractivity contribution >= 4 is 23.3 Å². The number of aromatic nitrogens is 3. The predicted molar refractivity (Wildman–Crippen MR) is 80.1 cm³/mol. The number of rotatable bonds is 6. The van der Waals surface area contributed by atoms with E-state index in [1.54, 1.807) is 34.5 Å². The first-order chi connectivity index (χ1) is 9.65. The molecule has 0 saturated carbocycles. The third-order valence-corrected chi connectivity index (χ3v) is 3.77. The van der Waals surface area contributed by atoms with E-state index >= 15 is 0 Å². The first-order valence-electron chi connectivity index (χ1n) is 6.51. The highest BCUT2D eigenvalue weighted by Gasteiger charge is 2.15. The van der Waals surface area contributed by atoms with Gasteiger partial charge in [-0.1, -0.05) is 25.1 Å². The molecule has 6 heteroatoms. The molecular weight excluding hydrogens is 272 g/mol. The number of amides is 1. The lowest BCUT2D eigenvalue weighted by Gasteiger charge is -2.21. The molecule has 1 N–H and O–H groups in total. The molecule has 0 aliphatic carbocycles. The zero-order valence-electron chi connectivity index (χ0n) is 11.6. The molecule has 20 heavy (non-hydrogen) atoms. The van der Waals surface area contributed by atoms with Crippen molar-refractivity contribution in [3.63, 3.8) is 0 Å². The molecule has 0 fully saturated rings. The number of thiophene rings is 1. The number of nitrogens with one attached hydrogen (secondary N) is 1. The fraction of sp³-hybridized carbons (Fsp3) is 0.357. The molecular formula is C14H18N4OS. The molecule has 0 bridgehead atoms. The van der Waals surface area contributed by atoms with Gasteiger partial charge in [0.15, 0.2) is 0 Å². The van der Waals surface area contributed by atoms with Crippen LogP contribution in [0.5, 0.6) is 0 Å². The van der Waals surface area contributed by atoms with E-state index in [2.05, 4.69) is 29.5 Å². The van der Waals surface area contributed by atoms with Crippen LogP contribution in [0.2, 0.25) is 0 Å². The average molecular weight is 290 g/mol. The highest BCUT2D eigenvalue weighted by Crippen LogP contribution is 2.10. The largest absolute Gasteiger partial charge is 0.348 e. The third kappa shape index (κ3) is 4.31. The first kappa shape index (κ1) is 14.5. The average Bonchev–Trinajstić information content (AvgIpc) is 3.08. The van der Waals surface area contributed by atoms with Crippen LogP contribution < -0.4 is 5.32 Å². The topological polar surface area (TPSA) is 59.8 Å². The van der Waals surface area contributed by atoms with E-state index < -0.39 is 0 Å². The Balaban J connectivity index is 1.92. The van der Waals surface area contributed by atoms with Crippen LogP contribution in [0.3, 0.4) is 0 Å². The standard InChI is InChI=1S/C14H18N4OS/c1-11(2)13(10-18-8-7-15-17-18)16-14(19)6-5-12-4-3-9-20-12/h3-9,11,13H,10H2,1-2H3,(H,16,19)/b6-5+. The molecule has 1 unspecified atom stereocenters. The fourth-order valence-electron chi connectivity index (χ4n) is 1.73. The summed E-state index contributed by atoms with van der Waals surface area (Å²) >= 11 is 1.60. The molecule has 2 heterocycles. The molecule has 0 aliphatic heterocycles. The van der Waals surface area contributed by atoms with Crippen molar-refractivity contribution in [3.05, 3.63) is 40.9 Å². The number of carbonyl (C=O) groups is 1. The molecule has 0 saturated heterocycles. The zero-order chi connectivity index (χ0) is 14.4. The van der Waals surface area contributed by atoms with E-state index in [9.17, 15) is 4.79 Å². The Labute approximate surface area is 122 Å². The van der Waals surface area contributed by atoms with Gasteiger partial charge in [-0.3, -0.25) is 9.48 Å².